The largest absolute Gasteiger partial charge is 0.484 e. The number of rotatable bonds is 7. The molecule has 0 atom stereocenters. The molecule has 20 heavy (non-hydrogen) atoms. The summed E-state index contributed by atoms with van der Waals surface area (Å²) in [7, 11) is 0. The standard InChI is InChI=1S/C14H19F2NO3/c1-10(2)11-4-3-5-12(6-11)20-7-13(19)17-8-14(15,16)9-18/h3-6,10,18H,7-9H2,1-2H3,(H,17,19). The van der Waals surface area contributed by atoms with Crippen molar-refractivity contribution in [3.05, 3.63) is 29.8 Å². The van der Waals surface area contributed by atoms with Crippen LogP contribution in [0.15, 0.2) is 24.3 Å². The van der Waals surface area contributed by atoms with Crippen LogP contribution in [-0.4, -0.2) is 36.7 Å². The summed E-state index contributed by atoms with van der Waals surface area (Å²) >= 11 is 0. The van der Waals surface area contributed by atoms with E-state index in [1.807, 2.05) is 31.3 Å². The van der Waals surface area contributed by atoms with Gasteiger partial charge in [0.25, 0.3) is 11.8 Å². The molecule has 1 aromatic rings. The monoisotopic (exact) mass is 287 g/mol. The predicted molar refractivity (Wildman–Crippen MR) is 71.1 cm³/mol. The first-order valence-electron chi connectivity index (χ1n) is 6.32. The first kappa shape index (κ1) is 16.4. The van der Waals surface area contributed by atoms with E-state index in [4.69, 9.17) is 9.84 Å². The maximum Gasteiger partial charge on any atom is 0.287 e. The Labute approximate surface area is 116 Å². The Morgan fingerprint density at radius 1 is 1.45 bits per heavy atom. The summed E-state index contributed by atoms with van der Waals surface area (Å²) in [6.07, 6.45) is 0. The lowest BCUT2D eigenvalue weighted by molar-refractivity contribution is -0.126. The number of carbonyl (C=O) groups is 1. The minimum absolute atomic E-state index is 0.329. The van der Waals surface area contributed by atoms with Gasteiger partial charge >= 0.3 is 0 Å². The highest BCUT2D eigenvalue weighted by Crippen LogP contribution is 2.20. The molecule has 2 N–H and O–H groups in total. The van der Waals surface area contributed by atoms with Crippen LogP contribution in [0.4, 0.5) is 8.78 Å². The maximum absolute atomic E-state index is 12.7. The molecule has 1 aromatic carbocycles. The molecule has 4 nitrogen and oxygen atoms in total. The normalized spacial score (nSPS) is 11.5. The maximum atomic E-state index is 12.7. The van der Waals surface area contributed by atoms with Gasteiger partial charge in [0.15, 0.2) is 6.61 Å². The van der Waals surface area contributed by atoms with E-state index in [0.29, 0.717) is 11.7 Å². The number of carbonyl (C=O) groups excluding carboxylic acids is 1. The van der Waals surface area contributed by atoms with Gasteiger partial charge in [0.05, 0.1) is 6.54 Å². The highest BCUT2D eigenvalue weighted by molar-refractivity contribution is 5.77. The Kier molecular flexibility index (Phi) is 5.88. The summed E-state index contributed by atoms with van der Waals surface area (Å²) in [5, 5.41) is 10.4. The lowest BCUT2D eigenvalue weighted by Gasteiger charge is -2.14. The van der Waals surface area contributed by atoms with E-state index in [2.05, 4.69) is 0 Å². The molecule has 0 heterocycles. The average Bonchev–Trinajstić information content (AvgIpc) is 2.43. The molecule has 0 saturated heterocycles. The molecule has 1 rings (SSSR count). The third-order valence-corrected chi connectivity index (χ3v) is 2.67. The fourth-order valence-corrected chi connectivity index (χ4v) is 1.45. The summed E-state index contributed by atoms with van der Waals surface area (Å²) in [6.45, 7) is 1.51. The summed E-state index contributed by atoms with van der Waals surface area (Å²) in [5.74, 6) is -3.13. The lowest BCUT2D eigenvalue weighted by atomic mass is 10.0. The van der Waals surface area contributed by atoms with Gasteiger partial charge in [0, 0.05) is 0 Å². The number of aliphatic hydroxyl groups is 1. The van der Waals surface area contributed by atoms with Crippen LogP contribution in [0.2, 0.25) is 0 Å². The van der Waals surface area contributed by atoms with E-state index in [-0.39, 0.29) is 6.61 Å². The van der Waals surface area contributed by atoms with Crippen LogP contribution in [0.5, 0.6) is 5.75 Å². The summed E-state index contributed by atoms with van der Waals surface area (Å²) in [6, 6.07) is 7.25. The van der Waals surface area contributed by atoms with E-state index < -0.39 is 25.0 Å². The zero-order valence-electron chi connectivity index (χ0n) is 11.5. The lowest BCUT2D eigenvalue weighted by Crippen LogP contribution is -2.40. The Hall–Kier alpha value is -1.69. The van der Waals surface area contributed by atoms with Crippen LogP contribution in [0.25, 0.3) is 0 Å². The molecule has 6 heteroatoms. The van der Waals surface area contributed by atoms with Crippen molar-refractivity contribution < 1.29 is 23.4 Å². The van der Waals surface area contributed by atoms with Gasteiger partial charge in [0.1, 0.15) is 12.4 Å². The Morgan fingerprint density at radius 2 is 2.15 bits per heavy atom. The third-order valence-electron chi connectivity index (χ3n) is 2.67. The second-order valence-corrected chi connectivity index (χ2v) is 4.81. The SMILES string of the molecule is CC(C)c1cccc(OCC(=O)NCC(F)(F)CO)c1. The molecule has 0 bridgehead atoms. The first-order valence-corrected chi connectivity index (χ1v) is 6.32. The molecule has 0 spiro atoms. The molecule has 1 amide bonds. The van der Waals surface area contributed by atoms with Crippen LogP contribution in [0.3, 0.4) is 0 Å². The molecular weight excluding hydrogens is 268 g/mol. The van der Waals surface area contributed by atoms with Gasteiger partial charge in [-0.05, 0) is 23.6 Å². The Bertz CT molecular complexity index is 450. The van der Waals surface area contributed by atoms with Gasteiger partial charge in [-0.3, -0.25) is 4.79 Å². The molecule has 0 unspecified atom stereocenters. The number of hydrogen-bond acceptors (Lipinski definition) is 3. The van der Waals surface area contributed by atoms with Crippen LogP contribution in [0.1, 0.15) is 25.3 Å². The molecule has 112 valence electrons. The number of aliphatic hydroxyl groups excluding tert-OH is 1. The molecule has 0 radical (unpaired) electrons. The van der Waals surface area contributed by atoms with Crippen molar-refractivity contribution in [2.75, 3.05) is 19.8 Å². The number of amides is 1. The van der Waals surface area contributed by atoms with E-state index in [1.165, 1.54) is 0 Å². The molecule has 0 fully saturated rings. The molecular formula is C14H19F2NO3. The Morgan fingerprint density at radius 3 is 2.75 bits per heavy atom. The fraction of sp³-hybridized carbons (Fsp3) is 0.500. The van der Waals surface area contributed by atoms with Crippen molar-refractivity contribution in [3.63, 3.8) is 0 Å². The highest BCUT2D eigenvalue weighted by atomic mass is 19.3. The van der Waals surface area contributed by atoms with Gasteiger partial charge in [-0.25, -0.2) is 8.78 Å². The second-order valence-electron chi connectivity index (χ2n) is 4.81. The summed E-state index contributed by atoms with van der Waals surface area (Å²) < 4.78 is 30.7. The van der Waals surface area contributed by atoms with Crippen molar-refractivity contribution >= 4 is 5.91 Å². The van der Waals surface area contributed by atoms with Crippen molar-refractivity contribution in [3.8, 4) is 5.75 Å². The molecule has 0 aromatic heterocycles. The number of halogens is 2. The van der Waals surface area contributed by atoms with Crippen LogP contribution in [-0.2, 0) is 4.79 Å². The molecule has 0 saturated carbocycles. The molecule has 0 aliphatic rings. The quantitative estimate of drug-likeness (QED) is 0.805. The minimum atomic E-state index is -3.31. The van der Waals surface area contributed by atoms with Gasteiger partial charge in [-0.15, -0.1) is 0 Å². The summed E-state index contributed by atoms with van der Waals surface area (Å²) in [5.41, 5.74) is 1.06. The van der Waals surface area contributed by atoms with Gasteiger partial charge in [0.2, 0.25) is 0 Å². The van der Waals surface area contributed by atoms with Gasteiger partial charge in [-0.2, -0.15) is 0 Å². The summed E-state index contributed by atoms with van der Waals surface area (Å²) in [4.78, 5) is 11.3. The van der Waals surface area contributed by atoms with E-state index >= 15 is 0 Å². The van der Waals surface area contributed by atoms with E-state index in [9.17, 15) is 13.6 Å². The highest BCUT2D eigenvalue weighted by Gasteiger charge is 2.28. The van der Waals surface area contributed by atoms with Crippen molar-refractivity contribution in [2.45, 2.75) is 25.7 Å². The number of hydrogen-bond donors (Lipinski definition) is 2. The number of nitrogens with one attached hydrogen (secondary N) is 1. The van der Waals surface area contributed by atoms with Gasteiger partial charge < -0.3 is 15.2 Å². The van der Waals surface area contributed by atoms with Crippen LogP contribution < -0.4 is 10.1 Å². The zero-order valence-corrected chi connectivity index (χ0v) is 11.5. The van der Waals surface area contributed by atoms with Crippen molar-refractivity contribution in [2.24, 2.45) is 0 Å². The van der Waals surface area contributed by atoms with Crippen molar-refractivity contribution in [1.29, 1.82) is 0 Å². The van der Waals surface area contributed by atoms with E-state index in [0.717, 1.165) is 5.56 Å². The van der Waals surface area contributed by atoms with Crippen LogP contribution in [0, 0.1) is 0 Å². The first-order chi connectivity index (χ1) is 9.34. The number of benzene rings is 1. The van der Waals surface area contributed by atoms with E-state index in [1.54, 1.807) is 12.1 Å². The second kappa shape index (κ2) is 7.19. The number of alkyl halides is 2. The van der Waals surface area contributed by atoms with Gasteiger partial charge in [-0.1, -0.05) is 26.0 Å². The molecule has 0 aliphatic carbocycles. The average molecular weight is 287 g/mol. The smallest absolute Gasteiger partial charge is 0.287 e. The predicted octanol–water partition coefficient (Wildman–Crippen LogP) is 1.93. The molecule has 0 aliphatic heterocycles. The number of ether oxygens (including phenoxy) is 1. The Balaban J connectivity index is 2.43. The van der Waals surface area contributed by atoms with Crippen molar-refractivity contribution in [1.82, 2.24) is 5.32 Å². The topological polar surface area (TPSA) is 58.6 Å². The third kappa shape index (κ3) is 5.52. The zero-order chi connectivity index (χ0) is 15.2. The van der Waals surface area contributed by atoms with Crippen LogP contribution >= 0.6 is 0 Å². The minimum Gasteiger partial charge on any atom is -0.484 e. The fourth-order valence-electron chi connectivity index (χ4n) is 1.45.